The Morgan fingerprint density at radius 3 is 2.32 bits per heavy atom. The molecule has 0 bridgehead atoms. The Balaban J connectivity index is 2.19. The first-order chi connectivity index (χ1) is 11.7. The quantitative estimate of drug-likeness (QED) is 0.535. The number of carbonyl (C=O) groups is 1. The SMILES string of the molecule is CC1(C)CCC(C)(C)c2cc(C3=CC(=C=O)CC=C3C(=O)Cl)ccc21. The summed E-state index contributed by atoms with van der Waals surface area (Å²) in [5, 5.41) is -0.492. The van der Waals surface area contributed by atoms with Crippen LogP contribution in [0.2, 0.25) is 0 Å². The van der Waals surface area contributed by atoms with Gasteiger partial charge in [-0.2, -0.15) is 0 Å². The predicted molar refractivity (Wildman–Crippen MR) is 102 cm³/mol. The van der Waals surface area contributed by atoms with Gasteiger partial charge in [-0.3, -0.25) is 4.79 Å². The van der Waals surface area contributed by atoms with Gasteiger partial charge in [0, 0.05) is 17.6 Å². The molecule has 1 aromatic rings. The van der Waals surface area contributed by atoms with Crippen molar-refractivity contribution in [1.82, 2.24) is 0 Å². The van der Waals surface area contributed by atoms with Crippen molar-refractivity contribution in [3.05, 3.63) is 58.2 Å². The third-order valence-electron chi connectivity index (χ3n) is 5.64. The van der Waals surface area contributed by atoms with Gasteiger partial charge in [0.25, 0.3) is 5.24 Å². The molecule has 0 amide bonds. The zero-order valence-corrected chi connectivity index (χ0v) is 16.0. The van der Waals surface area contributed by atoms with Gasteiger partial charge < -0.3 is 0 Å². The first kappa shape index (κ1) is 17.9. The minimum atomic E-state index is -0.492. The van der Waals surface area contributed by atoms with Crippen molar-refractivity contribution in [1.29, 1.82) is 0 Å². The molecule has 0 N–H and O–H groups in total. The lowest BCUT2D eigenvalue weighted by Gasteiger charge is -2.42. The van der Waals surface area contributed by atoms with Crippen molar-refractivity contribution in [2.24, 2.45) is 0 Å². The third-order valence-corrected chi connectivity index (χ3v) is 5.85. The molecular weight excluding hydrogens is 332 g/mol. The van der Waals surface area contributed by atoms with E-state index in [-0.39, 0.29) is 10.8 Å². The van der Waals surface area contributed by atoms with Gasteiger partial charge in [-0.1, -0.05) is 52.0 Å². The van der Waals surface area contributed by atoms with Gasteiger partial charge in [0.05, 0.1) is 0 Å². The molecule has 0 saturated heterocycles. The number of hydrogen-bond donors (Lipinski definition) is 0. The molecule has 0 fully saturated rings. The molecule has 0 saturated carbocycles. The fourth-order valence-corrected chi connectivity index (χ4v) is 4.06. The average Bonchev–Trinajstić information content (AvgIpc) is 2.58. The van der Waals surface area contributed by atoms with E-state index in [0.717, 1.165) is 18.4 Å². The van der Waals surface area contributed by atoms with Gasteiger partial charge >= 0.3 is 0 Å². The summed E-state index contributed by atoms with van der Waals surface area (Å²) in [6.07, 6.45) is 6.12. The molecule has 25 heavy (non-hydrogen) atoms. The minimum absolute atomic E-state index is 0.0776. The Kier molecular flexibility index (Phi) is 4.39. The number of rotatable bonds is 2. The van der Waals surface area contributed by atoms with Crippen LogP contribution in [-0.2, 0) is 20.4 Å². The van der Waals surface area contributed by atoms with E-state index in [2.05, 4.69) is 39.8 Å². The second-order valence-electron chi connectivity index (χ2n) is 8.31. The van der Waals surface area contributed by atoms with E-state index in [4.69, 9.17) is 11.6 Å². The van der Waals surface area contributed by atoms with Crippen molar-refractivity contribution in [2.75, 3.05) is 0 Å². The molecule has 3 heteroatoms. The summed E-state index contributed by atoms with van der Waals surface area (Å²) in [4.78, 5) is 22.9. The number of halogens is 1. The van der Waals surface area contributed by atoms with Crippen LogP contribution in [0.4, 0.5) is 0 Å². The van der Waals surface area contributed by atoms with Gasteiger partial charge in [-0.05, 0) is 63.6 Å². The lowest BCUT2D eigenvalue weighted by Crippen LogP contribution is -2.33. The average molecular weight is 355 g/mol. The van der Waals surface area contributed by atoms with E-state index in [1.165, 1.54) is 11.1 Å². The molecule has 0 aromatic heterocycles. The summed E-state index contributed by atoms with van der Waals surface area (Å²) in [5.41, 5.74) is 5.53. The molecule has 0 spiro atoms. The molecule has 0 radical (unpaired) electrons. The Morgan fingerprint density at radius 2 is 1.72 bits per heavy atom. The van der Waals surface area contributed by atoms with Crippen molar-refractivity contribution in [3.63, 3.8) is 0 Å². The maximum absolute atomic E-state index is 11.8. The highest BCUT2D eigenvalue weighted by Gasteiger charge is 2.37. The third kappa shape index (κ3) is 3.17. The van der Waals surface area contributed by atoms with Crippen molar-refractivity contribution in [3.8, 4) is 0 Å². The highest BCUT2D eigenvalue weighted by Crippen LogP contribution is 2.47. The zero-order chi connectivity index (χ0) is 18.4. The van der Waals surface area contributed by atoms with Crippen LogP contribution in [0.3, 0.4) is 0 Å². The lowest BCUT2D eigenvalue weighted by molar-refractivity contribution is -0.108. The molecule has 0 unspecified atom stereocenters. The Bertz CT molecular complexity index is 862. The van der Waals surface area contributed by atoms with E-state index in [1.807, 2.05) is 12.0 Å². The lowest BCUT2D eigenvalue weighted by atomic mass is 9.62. The largest absolute Gasteiger partial charge is 0.276 e. The molecule has 2 aliphatic carbocycles. The second kappa shape index (κ2) is 6.12. The van der Waals surface area contributed by atoms with Gasteiger partial charge in [0.15, 0.2) is 0 Å². The number of allylic oxidation sites excluding steroid dienone is 5. The maximum Gasteiger partial charge on any atom is 0.252 e. The number of fused-ring (bicyclic) bond motifs is 1. The van der Waals surface area contributed by atoms with E-state index in [0.29, 0.717) is 23.1 Å². The molecule has 0 aliphatic heterocycles. The van der Waals surface area contributed by atoms with Gasteiger partial charge in [-0.25, -0.2) is 4.79 Å². The van der Waals surface area contributed by atoms with Gasteiger partial charge in [0.1, 0.15) is 5.94 Å². The molecule has 130 valence electrons. The molecule has 2 aliphatic rings. The predicted octanol–water partition coefficient (Wildman–Crippen LogP) is 5.27. The van der Waals surface area contributed by atoms with Crippen molar-refractivity contribution >= 4 is 28.4 Å². The Morgan fingerprint density at radius 1 is 1.08 bits per heavy atom. The summed E-state index contributed by atoms with van der Waals surface area (Å²) >= 11 is 5.78. The van der Waals surface area contributed by atoms with Crippen LogP contribution in [0.25, 0.3) is 5.57 Å². The fraction of sp³-hybridized carbons (Fsp3) is 0.409. The monoisotopic (exact) mass is 354 g/mol. The number of benzene rings is 1. The van der Waals surface area contributed by atoms with Crippen LogP contribution in [0, 0.1) is 0 Å². The Hall–Kier alpha value is -1.89. The fourth-order valence-electron chi connectivity index (χ4n) is 3.89. The summed E-state index contributed by atoms with van der Waals surface area (Å²) in [6, 6.07) is 6.38. The first-order valence-corrected chi connectivity index (χ1v) is 9.05. The van der Waals surface area contributed by atoms with Crippen LogP contribution in [0.5, 0.6) is 0 Å². The second-order valence-corrected chi connectivity index (χ2v) is 8.65. The first-order valence-electron chi connectivity index (χ1n) is 8.67. The highest BCUT2D eigenvalue weighted by atomic mass is 35.5. The summed E-state index contributed by atoms with van der Waals surface area (Å²) in [7, 11) is 0. The number of hydrogen-bond acceptors (Lipinski definition) is 2. The van der Waals surface area contributed by atoms with Crippen LogP contribution in [-0.4, -0.2) is 11.2 Å². The summed E-state index contributed by atoms with van der Waals surface area (Å²) < 4.78 is 0. The number of carbonyl (C=O) groups excluding carboxylic acids is 2. The van der Waals surface area contributed by atoms with Crippen LogP contribution in [0.1, 0.15) is 63.6 Å². The zero-order valence-electron chi connectivity index (χ0n) is 15.2. The maximum atomic E-state index is 11.8. The molecule has 0 atom stereocenters. The van der Waals surface area contributed by atoms with Crippen molar-refractivity contribution in [2.45, 2.75) is 57.8 Å². The minimum Gasteiger partial charge on any atom is -0.276 e. The molecule has 2 nitrogen and oxygen atoms in total. The topological polar surface area (TPSA) is 34.1 Å². The van der Waals surface area contributed by atoms with Crippen LogP contribution in [0.15, 0.2) is 41.5 Å². The van der Waals surface area contributed by atoms with E-state index < -0.39 is 5.24 Å². The van der Waals surface area contributed by atoms with Crippen molar-refractivity contribution < 1.29 is 9.59 Å². The molecule has 3 rings (SSSR count). The van der Waals surface area contributed by atoms with Crippen LogP contribution < -0.4 is 0 Å². The Labute approximate surface area is 154 Å². The van der Waals surface area contributed by atoms with E-state index >= 15 is 0 Å². The summed E-state index contributed by atoms with van der Waals surface area (Å²) in [6.45, 7) is 9.09. The molecular formula is C22H23ClO2. The normalized spacial score (nSPS) is 20.9. The smallest absolute Gasteiger partial charge is 0.252 e. The van der Waals surface area contributed by atoms with Gasteiger partial charge in [0.2, 0.25) is 0 Å². The van der Waals surface area contributed by atoms with E-state index in [1.54, 1.807) is 12.2 Å². The molecule has 0 heterocycles. The highest BCUT2D eigenvalue weighted by molar-refractivity contribution is 6.69. The molecule has 1 aromatic carbocycles. The van der Waals surface area contributed by atoms with Gasteiger partial charge in [-0.15, -0.1) is 0 Å². The van der Waals surface area contributed by atoms with E-state index in [9.17, 15) is 9.59 Å². The summed E-state index contributed by atoms with van der Waals surface area (Å²) in [5.74, 6) is 1.95. The standard InChI is InChI=1S/C22H23ClO2/c1-21(2)9-10-22(3,4)19-12-15(6-8-18(19)21)17-11-14(13-24)5-7-16(17)20(23)25/h6-8,11-12H,5,9-10H2,1-4H3. The van der Waals surface area contributed by atoms with Crippen LogP contribution >= 0.6 is 11.6 Å².